The van der Waals surface area contributed by atoms with Crippen molar-refractivity contribution in [2.45, 2.75) is 6.42 Å². The van der Waals surface area contributed by atoms with Gasteiger partial charge in [0, 0.05) is 12.5 Å². The smallest absolute Gasteiger partial charge is 0.215 e. The average molecular weight is 348 g/mol. The van der Waals surface area contributed by atoms with E-state index in [1.165, 1.54) is 24.5 Å². The number of nitrogens with zero attached hydrogens (tertiary/aromatic N) is 2. The predicted molar refractivity (Wildman–Crippen MR) is 84.2 cm³/mol. The Labute approximate surface area is 140 Å². The lowest BCUT2D eigenvalue weighted by Crippen LogP contribution is -1.97. The van der Waals surface area contributed by atoms with Crippen LogP contribution in [0.25, 0.3) is 5.76 Å². The molecule has 2 aromatic heterocycles. The second-order valence-corrected chi connectivity index (χ2v) is 5.26. The number of nitrogens with one attached hydrogen (secondary N) is 1. The number of carbonyl (C=O) groups excluding carboxylic acids is 1. The van der Waals surface area contributed by atoms with E-state index in [-0.39, 0.29) is 22.4 Å². The first kappa shape index (κ1) is 15.9. The number of aromatic nitrogens is 3. The number of hydrogen-bond donors (Lipinski definition) is 2. The number of aliphatic hydroxyl groups is 1. The Hall–Kier alpha value is -2.93. The number of hydrogen-bond acceptors (Lipinski definition) is 5. The van der Waals surface area contributed by atoms with Gasteiger partial charge < -0.3 is 9.52 Å². The third-order valence-electron chi connectivity index (χ3n) is 3.21. The highest BCUT2D eigenvalue weighted by atomic mass is 35.5. The Kier molecular flexibility index (Phi) is 4.43. The highest BCUT2D eigenvalue weighted by molar-refractivity contribution is 6.33. The van der Waals surface area contributed by atoms with Crippen LogP contribution in [0.5, 0.6) is 0 Å². The lowest BCUT2D eigenvalue weighted by molar-refractivity contribution is 0.104. The Morgan fingerprint density at radius 1 is 1.38 bits per heavy atom. The molecule has 24 heavy (non-hydrogen) atoms. The zero-order chi connectivity index (χ0) is 17.1. The summed E-state index contributed by atoms with van der Waals surface area (Å²) in [5.41, 5.74) is 0.913. The summed E-state index contributed by atoms with van der Waals surface area (Å²) < 4.78 is 18.3. The van der Waals surface area contributed by atoms with Crippen molar-refractivity contribution >= 4 is 23.1 Å². The SMILES string of the molecule is O=C(C=C(O)c1nc[nH]n1)c1cc(Cc2ccc(F)cc2)oc1Cl. The summed E-state index contributed by atoms with van der Waals surface area (Å²) >= 11 is 5.94. The van der Waals surface area contributed by atoms with Gasteiger partial charge in [-0.3, -0.25) is 9.89 Å². The van der Waals surface area contributed by atoms with Crippen LogP contribution >= 0.6 is 11.6 Å². The number of aromatic amines is 1. The molecular weight excluding hydrogens is 337 g/mol. The van der Waals surface area contributed by atoms with Crippen molar-refractivity contribution in [3.8, 4) is 0 Å². The highest BCUT2D eigenvalue weighted by Gasteiger charge is 2.17. The molecule has 2 heterocycles. The van der Waals surface area contributed by atoms with E-state index in [9.17, 15) is 14.3 Å². The van der Waals surface area contributed by atoms with Crippen molar-refractivity contribution in [3.63, 3.8) is 0 Å². The van der Waals surface area contributed by atoms with E-state index in [0.29, 0.717) is 12.2 Å². The van der Waals surface area contributed by atoms with Crippen LogP contribution in [-0.4, -0.2) is 26.1 Å². The number of aliphatic hydroxyl groups excluding tert-OH is 1. The fourth-order valence-electron chi connectivity index (χ4n) is 2.07. The van der Waals surface area contributed by atoms with Gasteiger partial charge in [-0.2, -0.15) is 5.10 Å². The number of ketones is 1. The van der Waals surface area contributed by atoms with E-state index >= 15 is 0 Å². The van der Waals surface area contributed by atoms with E-state index < -0.39 is 11.5 Å². The van der Waals surface area contributed by atoms with Crippen LogP contribution in [0.15, 0.2) is 47.2 Å². The zero-order valence-corrected chi connectivity index (χ0v) is 12.9. The molecule has 6 nitrogen and oxygen atoms in total. The summed E-state index contributed by atoms with van der Waals surface area (Å²) in [6.45, 7) is 0. The van der Waals surface area contributed by atoms with E-state index in [1.54, 1.807) is 12.1 Å². The van der Waals surface area contributed by atoms with Gasteiger partial charge >= 0.3 is 0 Å². The Bertz CT molecular complexity index is 886. The van der Waals surface area contributed by atoms with E-state index in [2.05, 4.69) is 15.2 Å². The van der Waals surface area contributed by atoms with Gasteiger partial charge in [0.15, 0.2) is 11.5 Å². The van der Waals surface area contributed by atoms with Crippen LogP contribution in [0.3, 0.4) is 0 Å². The summed E-state index contributed by atoms with van der Waals surface area (Å²) in [6.07, 6.45) is 2.58. The molecule has 0 atom stereocenters. The number of halogens is 2. The lowest BCUT2D eigenvalue weighted by Gasteiger charge is -1.97. The molecule has 0 aliphatic rings. The topological polar surface area (TPSA) is 92.0 Å². The third kappa shape index (κ3) is 3.52. The second kappa shape index (κ2) is 6.67. The number of carbonyl (C=O) groups is 1. The number of allylic oxidation sites excluding steroid dienone is 1. The summed E-state index contributed by atoms with van der Waals surface area (Å²) in [6, 6.07) is 7.38. The maximum atomic E-state index is 12.9. The minimum absolute atomic E-state index is 0.00509. The van der Waals surface area contributed by atoms with Gasteiger partial charge in [0.1, 0.15) is 17.9 Å². The normalized spacial score (nSPS) is 11.7. The molecule has 8 heteroatoms. The summed E-state index contributed by atoms with van der Waals surface area (Å²) in [4.78, 5) is 15.9. The minimum atomic E-state index is -0.545. The molecule has 0 amide bonds. The molecule has 0 saturated carbocycles. The Morgan fingerprint density at radius 2 is 2.12 bits per heavy atom. The molecule has 0 unspecified atom stereocenters. The standard InChI is InChI=1S/C16H11ClFN3O3/c17-15-12(13(22)7-14(23)16-19-8-20-21-16)6-11(24-15)5-9-1-3-10(18)4-2-9/h1-4,6-8,23H,5H2,(H,19,20,21). The first-order chi connectivity index (χ1) is 11.5. The van der Waals surface area contributed by atoms with Crippen molar-refractivity contribution in [1.29, 1.82) is 0 Å². The molecule has 3 aromatic rings. The van der Waals surface area contributed by atoms with Crippen molar-refractivity contribution in [3.05, 3.63) is 76.5 Å². The molecule has 0 radical (unpaired) electrons. The first-order valence-corrected chi connectivity index (χ1v) is 7.24. The molecule has 1 aromatic carbocycles. The van der Waals surface area contributed by atoms with E-state index in [0.717, 1.165) is 11.6 Å². The summed E-state index contributed by atoms with van der Waals surface area (Å²) in [7, 11) is 0. The molecule has 0 bridgehead atoms. The van der Waals surface area contributed by atoms with Crippen molar-refractivity contribution < 1.29 is 18.7 Å². The number of rotatable bonds is 5. The zero-order valence-electron chi connectivity index (χ0n) is 12.2. The lowest BCUT2D eigenvalue weighted by atomic mass is 10.1. The van der Waals surface area contributed by atoms with Gasteiger partial charge in [0.2, 0.25) is 11.0 Å². The van der Waals surface area contributed by atoms with Gasteiger partial charge in [0.25, 0.3) is 0 Å². The summed E-state index contributed by atoms with van der Waals surface area (Å²) in [5.74, 6) is -0.829. The van der Waals surface area contributed by atoms with Crippen LogP contribution in [0.1, 0.15) is 27.5 Å². The Morgan fingerprint density at radius 3 is 2.79 bits per heavy atom. The third-order valence-corrected chi connectivity index (χ3v) is 3.49. The van der Waals surface area contributed by atoms with Crippen molar-refractivity contribution in [2.75, 3.05) is 0 Å². The van der Waals surface area contributed by atoms with Crippen LogP contribution < -0.4 is 0 Å². The molecule has 0 aliphatic carbocycles. The predicted octanol–water partition coefficient (Wildman–Crippen LogP) is 3.56. The first-order valence-electron chi connectivity index (χ1n) is 6.86. The van der Waals surface area contributed by atoms with Gasteiger partial charge in [-0.25, -0.2) is 9.37 Å². The molecule has 0 saturated heterocycles. The number of benzene rings is 1. The number of furan rings is 1. The molecule has 2 N–H and O–H groups in total. The summed E-state index contributed by atoms with van der Waals surface area (Å²) in [5, 5.41) is 15.8. The fourth-order valence-corrected chi connectivity index (χ4v) is 2.32. The maximum absolute atomic E-state index is 12.9. The van der Waals surface area contributed by atoms with E-state index in [4.69, 9.17) is 16.0 Å². The molecule has 0 fully saturated rings. The maximum Gasteiger partial charge on any atom is 0.215 e. The minimum Gasteiger partial charge on any atom is -0.504 e. The van der Waals surface area contributed by atoms with Crippen molar-refractivity contribution in [2.24, 2.45) is 0 Å². The van der Waals surface area contributed by atoms with Crippen LogP contribution in [0, 0.1) is 5.82 Å². The average Bonchev–Trinajstić information content (AvgIpc) is 3.19. The quantitative estimate of drug-likeness (QED) is 0.418. The van der Waals surface area contributed by atoms with Crippen LogP contribution in [0.2, 0.25) is 5.22 Å². The highest BCUT2D eigenvalue weighted by Crippen LogP contribution is 2.24. The van der Waals surface area contributed by atoms with Gasteiger partial charge in [-0.1, -0.05) is 12.1 Å². The number of H-pyrrole nitrogens is 1. The fraction of sp³-hybridized carbons (Fsp3) is 0.0625. The van der Waals surface area contributed by atoms with Crippen LogP contribution in [0.4, 0.5) is 4.39 Å². The largest absolute Gasteiger partial charge is 0.504 e. The molecular formula is C16H11ClFN3O3. The van der Waals surface area contributed by atoms with Crippen molar-refractivity contribution in [1.82, 2.24) is 15.2 Å². The van der Waals surface area contributed by atoms with E-state index in [1.807, 2.05) is 0 Å². The molecule has 122 valence electrons. The van der Waals surface area contributed by atoms with Crippen LogP contribution in [-0.2, 0) is 6.42 Å². The van der Waals surface area contributed by atoms with Gasteiger partial charge in [-0.15, -0.1) is 0 Å². The molecule has 0 aliphatic heterocycles. The monoisotopic (exact) mass is 347 g/mol. The van der Waals surface area contributed by atoms with Gasteiger partial charge in [0.05, 0.1) is 5.56 Å². The Balaban J connectivity index is 1.79. The van der Waals surface area contributed by atoms with Gasteiger partial charge in [-0.05, 0) is 35.4 Å². The second-order valence-electron chi connectivity index (χ2n) is 4.92. The molecule has 0 spiro atoms. The molecule has 3 rings (SSSR count).